The van der Waals surface area contributed by atoms with Crippen molar-refractivity contribution in [3.63, 3.8) is 0 Å². The van der Waals surface area contributed by atoms with Crippen LogP contribution in [0.3, 0.4) is 0 Å². The van der Waals surface area contributed by atoms with Crippen LogP contribution in [-0.4, -0.2) is 16.8 Å². The Kier molecular flexibility index (Phi) is 3.66. The number of aromatic hydroxyl groups is 1. The van der Waals surface area contributed by atoms with Crippen LogP contribution in [0.2, 0.25) is 0 Å². The topological polar surface area (TPSA) is 52.5 Å². The molecule has 1 aliphatic rings. The average Bonchev–Trinajstić information content (AvgIpc) is 3.14. The predicted octanol–water partition coefficient (Wildman–Crippen LogP) is 6.13. The van der Waals surface area contributed by atoms with Gasteiger partial charge in [-0.05, 0) is 17.0 Å². The van der Waals surface area contributed by atoms with Crippen molar-refractivity contribution in [2.75, 3.05) is 11.9 Å². The van der Waals surface area contributed by atoms with E-state index in [2.05, 4.69) is 5.32 Å². The Hall–Kier alpha value is -3.24. The van der Waals surface area contributed by atoms with E-state index in [1.165, 1.54) is 0 Å². The number of benzene rings is 3. The highest BCUT2D eigenvalue weighted by molar-refractivity contribution is 7.15. The standard InChI is InChI=1S/C23H17NO2S/c25-21-16-9-5-4-8-15(16)10-11-17(21)19-13-27-23-20(19)22(26)18(12-24-23)14-6-2-1-3-7-14/h1-11,13,24-26H,12H2. The number of thiophene rings is 1. The summed E-state index contributed by atoms with van der Waals surface area (Å²) in [5, 5.41) is 30.1. The van der Waals surface area contributed by atoms with Crippen molar-refractivity contribution in [1.29, 1.82) is 0 Å². The highest BCUT2D eigenvalue weighted by Crippen LogP contribution is 2.47. The number of phenols is 1. The van der Waals surface area contributed by atoms with Crippen LogP contribution in [0.25, 0.3) is 33.2 Å². The van der Waals surface area contributed by atoms with Gasteiger partial charge in [0.15, 0.2) is 0 Å². The Morgan fingerprint density at radius 3 is 2.44 bits per heavy atom. The molecule has 0 saturated carbocycles. The summed E-state index contributed by atoms with van der Waals surface area (Å²) >= 11 is 1.55. The molecule has 0 unspecified atom stereocenters. The first-order valence-electron chi connectivity index (χ1n) is 8.78. The molecule has 0 radical (unpaired) electrons. The van der Waals surface area contributed by atoms with Crippen LogP contribution in [-0.2, 0) is 0 Å². The first kappa shape index (κ1) is 16.0. The molecule has 3 aromatic carbocycles. The zero-order chi connectivity index (χ0) is 18.4. The Bertz CT molecular complexity index is 1190. The number of anilines is 1. The van der Waals surface area contributed by atoms with Gasteiger partial charge in [0.25, 0.3) is 0 Å². The van der Waals surface area contributed by atoms with Gasteiger partial charge in [0.05, 0.1) is 5.56 Å². The van der Waals surface area contributed by atoms with E-state index in [0.717, 1.165) is 43.6 Å². The lowest BCUT2D eigenvalue weighted by atomic mass is 9.93. The van der Waals surface area contributed by atoms with Gasteiger partial charge in [-0.3, -0.25) is 0 Å². The number of hydrogen-bond acceptors (Lipinski definition) is 4. The van der Waals surface area contributed by atoms with Crippen LogP contribution < -0.4 is 5.32 Å². The summed E-state index contributed by atoms with van der Waals surface area (Å²) in [6.45, 7) is 0.576. The third kappa shape index (κ3) is 2.49. The number of phenolic OH excluding ortho intramolecular Hbond substituents is 1. The lowest BCUT2D eigenvalue weighted by molar-refractivity contribution is 0.483. The first-order chi connectivity index (χ1) is 13.2. The fourth-order valence-corrected chi connectivity index (χ4v) is 4.64. The number of aliphatic hydroxyl groups is 1. The summed E-state index contributed by atoms with van der Waals surface area (Å²) in [6, 6.07) is 21.6. The van der Waals surface area contributed by atoms with Gasteiger partial charge >= 0.3 is 0 Å². The van der Waals surface area contributed by atoms with Gasteiger partial charge in [-0.15, -0.1) is 11.3 Å². The monoisotopic (exact) mass is 371 g/mol. The van der Waals surface area contributed by atoms with E-state index in [4.69, 9.17) is 0 Å². The highest BCUT2D eigenvalue weighted by atomic mass is 32.1. The summed E-state index contributed by atoms with van der Waals surface area (Å²) in [6.07, 6.45) is 0. The minimum absolute atomic E-state index is 0.244. The molecule has 5 rings (SSSR count). The normalized spacial score (nSPS) is 13.5. The largest absolute Gasteiger partial charge is 0.507 e. The third-order valence-electron chi connectivity index (χ3n) is 5.05. The van der Waals surface area contributed by atoms with Crippen molar-refractivity contribution in [2.45, 2.75) is 0 Å². The Morgan fingerprint density at radius 1 is 0.815 bits per heavy atom. The van der Waals surface area contributed by atoms with E-state index in [1.54, 1.807) is 11.3 Å². The molecule has 0 saturated heterocycles. The molecule has 0 fully saturated rings. The number of rotatable bonds is 2. The summed E-state index contributed by atoms with van der Waals surface area (Å²) in [7, 11) is 0. The first-order valence-corrected chi connectivity index (χ1v) is 9.66. The molecule has 1 aliphatic heterocycles. The quantitative estimate of drug-likeness (QED) is 0.397. The summed E-state index contributed by atoms with van der Waals surface area (Å²) < 4.78 is 0. The molecule has 3 nitrogen and oxygen atoms in total. The average molecular weight is 371 g/mol. The molecule has 0 amide bonds. The van der Waals surface area contributed by atoms with Crippen LogP contribution in [0.15, 0.2) is 72.1 Å². The lowest BCUT2D eigenvalue weighted by Crippen LogP contribution is -2.12. The Balaban J connectivity index is 1.72. The summed E-state index contributed by atoms with van der Waals surface area (Å²) in [4.78, 5) is 0. The van der Waals surface area contributed by atoms with Crippen LogP contribution in [0.1, 0.15) is 11.1 Å². The number of hydrogen-bond donors (Lipinski definition) is 3. The molecular formula is C23H17NO2S. The van der Waals surface area contributed by atoms with Gasteiger partial charge in [0, 0.05) is 34.0 Å². The predicted molar refractivity (Wildman–Crippen MR) is 113 cm³/mol. The summed E-state index contributed by atoms with van der Waals surface area (Å²) in [5.41, 5.74) is 4.19. The molecule has 3 N–H and O–H groups in total. The Labute approximate surface area is 160 Å². The van der Waals surface area contributed by atoms with Crippen LogP contribution in [0, 0.1) is 0 Å². The number of aliphatic hydroxyl groups excluding tert-OH is 1. The second-order valence-corrected chi connectivity index (χ2v) is 7.46. The molecule has 0 atom stereocenters. The Morgan fingerprint density at radius 2 is 1.59 bits per heavy atom. The SMILES string of the molecule is OC1=C(c2ccccc2)CNc2scc(-c3ccc4ccccc4c3O)c21. The van der Waals surface area contributed by atoms with E-state index < -0.39 is 0 Å². The molecule has 4 heteroatoms. The van der Waals surface area contributed by atoms with E-state index in [1.807, 2.05) is 72.1 Å². The van der Waals surface area contributed by atoms with Crippen molar-refractivity contribution in [3.05, 3.63) is 83.2 Å². The lowest BCUT2D eigenvalue weighted by Gasteiger charge is -2.20. The zero-order valence-electron chi connectivity index (χ0n) is 14.4. The van der Waals surface area contributed by atoms with Crippen molar-refractivity contribution >= 4 is 38.4 Å². The number of nitrogens with one attached hydrogen (secondary N) is 1. The van der Waals surface area contributed by atoms with Crippen LogP contribution in [0.4, 0.5) is 5.00 Å². The number of fused-ring (bicyclic) bond motifs is 2. The van der Waals surface area contributed by atoms with Crippen molar-refractivity contribution in [1.82, 2.24) is 0 Å². The van der Waals surface area contributed by atoms with E-state index >= 15 is 0 Å². The van der Waals surface area contributed by atoms with E-state index in [9.17, 15) is 10.2 Å². The maximum atomic E-state index is 11.1. The van der Waals surface area contributed by atoms with Gasteiger partial charge in [-0.25, -0.2) is 0 Å². The van der Waals surface area contributed by atoms with Crippen LogP contribution in [0.5, 0.6) is 5.75 Å². The molecular weight excluding hydrogens is 354 g/mol. The van der Waals surface area contributed by atoms with Gasteiger partial charge in [-0.2, -0.15) is 0 Å². The maximum absolute atomic E-state index is 11.1. The van der Waals surface area contributed by atoms with Crippen molar-refractivity contribution < 1.29 is 10.2 Å². The third-order valence-corrected chi connectivity index (χ3v) is 5.99. The van der Waals surface area contributed by atoms with Crippen molar-refractivity contribution in [3.8, 4) is 16.9 Å². The van der Waals surface area contributed by atoms with Crippen molar-refractivity contribution in [2.24, 2.45) is 0 Å². The van der Waals surface area contributed by atoms with Crippen LogP contribution >= 0.6 is 11.3 Å². The summed E-state index contributed by atoms with van der Waals surface area (Å²) in [5.74, 6) is 0.520. The molecule has 27 heavy (non-hydrogen) atoms. The molecule has 4 aromatic rings. The zero-order valence-corrected chi connectivity index (χ0v) is 15.3. The highest BCUT2D eigenvalue weighted by Gasteiger charge is 2.26. The van der Waals surface area contributed by atoms with Gasteiger partial charge in [0.2, 0.25) is 0 Å². The molecule has 0 aliphatic carbocycles. The molecule has 132 valence electrons. The second-order valence-electron chi connectivity index (χ2n) is 6.58. The molecule has 0 bridgehead atoms. The second kappa shape index (κ2) is 6.18. The maximum Gasteiger partial charge on any atom is 0.131 e. The molecule has 1 aromatic heterocycles. The van der Waals surface area contributed by atoms with Gasteiger partial charge in [-0.1, -0.05) is 60.7 Å². The van der Waals surface area contributed by atoms with E-state index in [-0.39, 0.29) is 11.5 Å². The fourth-order valence-electron chi connectivity index (χ4n) is 3.68. The van der Waals surface area contributed by atoms with Gasteiger partial charge < -0.3 is 15.5 Å². The smallest absolute Gasteiger partial charge is 0.131 e. The minimum atomic E-state index is 0.244. The molecule has 2 heterocycles. The van der Waals surface area contributed by atoms with Gasteiger partial charge in [0.1, 0.15) is 16.5 Å². The fraction of sp³-hybridized carbons (Fsp3) is 0.0435. The minimum Gasteiger partial charge on any atom is -0.507 e. The molecule has 0 spiro atoms. The van der Waals surface area contributed by atoms with E-state index in [0.29, 0.717) is 6.54 Å².